The van der Waals surface area contributed by atoms with E-state index in [2.05, 4.69) is 15.7 Å². The zero-order valence-electron chi connectivity index (χ0n) is 29.7. The van der Waals surface area contributed by atoms with Crippen LogP contribution in [0.15, 0.2) is 30.5 Å². The van der Waals surface area contributed by atoms with Crippen molar-refractivity contribution >= 4 is 41.1 Å². The molecule has 3 amide bonds. The van der Waals surface area contributed by atoms with Gasteiger partial charge >= 0.3 is 12.2 Å². The number of nitrogens with zero attached hydrogens (tertiary/aromatic N) is 5. The number of ether oxygens (including phenoxy) is 3. The van der Waals surface area contributed by atoms with Gasteiger partial charge in [0, 0.05) is 24.7 Å². The molecule has 1 saturated carbocycles. The molecule has 0 aliphatic heterocycles. The molecule has 2 N–H and O–H groups in total. The maximum atomic E-state index is 14.0. The standard InChI is InChI=1S/C34H49N7O7/c1-11-46-25-18-16-24(17-19-25)40(32(44)48-34(6,7)8)29-21(2)27(38-28-26(20-35-41(28)29)30(42)39(9)45-10)36-22-12-14-23(15-13-22)37-31(43)47-33(3,4)5/h16-20,22-23H,11-15H2,1-10H3,(H,36,38)(H,37,43). The molecule has 0 spiro atoms. The lowest BCUT2D eigenvalue weighted by Crippen LogP contribution is -2.42. The number of anilines is 3. The van der Waals surface area contributed by atoms with E-state index in [-0.39, 0.29) is 23.3 Å². The van der Waals surface area contributed by atoms with E-state index < -0.39 is 29.3 Å². The number of carbonyl (C=O) groups is 3. The van der Waals surface area contributed by atoms with Gasteiger partial charge in [0.15, 0.2) is 11.5 Å². The van der Waals surface area contributed by atoms with Gasteiger partial charge < -0.3 is 24.8 Å². The third-order valence-corrected chi connectivity index (χ3v) is 7.63. The Morgan fingerprint density at radius 3 is 2.12 bits per heavy atom. The normalized spacial score (nSPS) is 16.6. The van der Waals surface area contributed by atoms with Crippen LogP contribution in [-0.4, -0.2) is 81.8 Å². The molecule has 0 atom stereocenters. The van der Waals surface area contributed by atoms with Gasteiger partial charge in [-0.15, -0.1) is 0 Å². The summed E-state index contributed by atoms with van der Waals surface area (Å²) in [6.07, 6.45) is 3.29. The van der Waals surface area contributed by atoms with Crippen LogP contribution in [0.4, 0.5) is 26.9 Å². The number of carbonyl (C=O) groups excluding carboxylic acids is 3. The van der Waals surface area contributed by atoms with Gasteiger partial charge in [0.25, 0.3) is 5.91 Å². The zero-order chi connectivity index (χ0) is 35.4. The molecular weight excluding hydrogens is 618 g/mol. The summed E-state index contributed by atoms with van der Waals surface area (Å²) in [5, 5.41) is 12.2. The molecule has 2 heterocycles. The number of hydrogen-bond donors (Lipinski definition) is 2. The van der Waals surface area contributed by atoms with Crippen LogP contribution in [0.2, 0.25) is 0 Å². The zero-order valence-corrected chi connectivity index (χ0v) is 29.7. The summed E-state index contributed by atoms with van der Waals surface area (Å²) in [6, 6.07) is 7.07. The lowest BCUT2D eigenvalue weighted by molar-refractivity contribution is -0.0755. The van der Waals surface area contributed by atoms with E-state index in [0.717, 1.165) is 30.7 Å². The number of nitrogens with one attached hydrogen (secondary N) is 2. The fraction of sp³-hybridized carbons (Fsp3) is 0.559. The smallest absolute Gasteiger partial charge is 0.420 e. The predicted molar refractivity (Wildman–Crippen MR) is 182 cm³/mol. The number of alkyl carbamates (subject to hydrolysis) is 1. The summed E-state index contributed by atoms with van der Waals surface area (Å²) in [6.45, 7) is 15.1. The molecule has 1 aliphatic carbocycles. The Labute approximate surface area is 282 Å². The van der Waals surface area contributed by atoms with Crippen molar-refractivity contribution in [2.45, 2.75) is 104 Å². The van der Waals surface area contributed by atoms with Crippen molar-refractivity contribution in [2.24, 2.45) is 0 Å². The molecule has 2 aromatic heterocycles. The van der Waals surface area contributed by atoms with E-state index in [1.807, 2.05) is 34.6 Å². The maximum absolute atomic E-state index is 14.0. The third kappa shape index (κ3) is 8.85. The van der Waals surface area contributed by atoms with Gasteiger partial charge in [-0.1, -0.05) is 0 Å². The molecule has 0 saturated heterocycles. The van der Waals surface area contributed by atoms with Crippen molar-refractivity contribution in [3.63, 3.8) is 0 Å². The Bertz CT molecular complexity index is 1600. The van der Waals surface area contributed by atoms with E-state index >= 15 is 0 Å². The summed E-state index contributed by atoms with van der Waals surface area (Å²) >= 11 is 0. The topological polar surface area (TPSA) is 149 Å². The fourth-order valence-corrected chi connectivity index (χ4v) is 5.39. The molecule has 3 aromatic rings. The van der Waals surface area contributed by atoms with Gasteiger partial charge in [-0.3, -0.25) is 9.63 Å². The molecule has 48 heavy (non-hydrogen) atoms. The number of amides is 3. The predicted octanol–water partition coefficient (Wildman–Crippen LogP) is 6.39. The molecule has 1 aliphatic rings. The van der Waals surface area contributed by atoms with Crippen LogP contribution in [0.1, 0.15) is 90.1 Å². The van der Waals surface area contributed by atoms with Gasteiger partial charge in [-0.25, -0.2) is 24.5 Å². The van der Waals surface area contributed by atoms with Crippen molar-refractivity contribution in [1.82, 2.24) is 25.0 Å². The van der Waals surface area contributed by atoms with Crippen LogP contribution in [-0.2, 0) is 14.3 Å². The summed E-state index contributed by atoms with van der Waals surface area (Å²) < 4.78 is 18.4. The molecular formula is C34H49N7O7. The Hall–Kier alpha value is -4.59. The SMILES string of the molecule is CCOc1ccc(N(C(=O)OC(C)(C)C)c2c(C)c(NC3CCC(NC(=O)OC(C)(C)C)CC3)nc3c(C(=O)N(C)OC)cnn23)cc1. The summed E-state index contributed by atoms with van der Waals surface area (Å²) in [7, 11) is 2.89. The lowest BCUT2D eigenvalue weighted by Gasteiger charge is -2.32. The molecule has 4 rings (SSSR count). The first-order valence-electron chi connectivity index (χ1n) is 16.2. The Morgan fingerprint density at radius 2 is 1.56 bits per heavy atom. The van der Waals surface area contributed by atoms with Gasteiger partial charge in [0.2, 0.25) is 0 Å². The fourth-order valence-electron chi connectivity index (χ4n) is 5.39. The molecule has 14 nitrogen and oxygen atoms in total. The molecule has 0 bridgehead atoms. The molecule has 14 heteroatoms. The van der Waals surface area contributed by atoms with Gasteiger partial charge in [0.1, 0.15) is 28.3 Å². The molecule has 1 fully saturated rings. The first kappa shape index (κ1) is 36.2. The quantitative estimate of drug-likeness (QED) is 0.246. The Balaban J connectivity index is 1.77. The highest BCUT2D eigenvalue weighted by molar-refractivity contribution is 6.01. The average molecular weight is 668 g/mol. The maximum Gasteiger partial charge on any atom is 0.420 e. The summed E-state index contributed by atoms with van der Waals surface area (Å²) in [4.78, 5) is 51.2. The van der Waals surface area contributed by atoms with Crippen molar-refractivity contribution in [2.75, 3.05) is 31.0 Å². The highest BCUT2D eigenvalue weighted by Gasteiger charge is 2.33. The lowest BCUT2D eigenvalue weighted by atomic mass is 9.91. The van der Waals surface area contributed by atoms with Crippen molar-refractivity contribution < 1.29 is 33.4 Å². The van der Waals surface area contributed by atoms with Gasteiger partial charge in [-0.2, -0.15) is 9.61 Å². The Kier molecular flexibility index (Phi) is 11.1. The highest BCUT2D eigenvalue weighted by atomic mass is 16.7. The minimum atomic E-state index is -0.805. The minimum absolute atomic E-state index is 0.00682. The second-order valence-corrected chi connectivity index (χ2v) is 13.8. The van der Waals surface area contributed by atoms with Crippen LogP contribution in [0.3, 0.4) is 0 Å². The number of rotatable bonds is 9. The van der Waals surface area contributed by atoms with Crippen LogP contribution in [0.5, 0.6) is 5.75 Å². The third-order valence-electron chi connectivity index (χ3n) is 7.63. The number of fused-ring (bicyclic) bond motifs is 1. The van der Waals surface area contributed by atoms with Crippen molar-refractivity contribution in [1.29, 1.82) is 0 Å². The van der Waals surface area contributed by atoms with Crippen LogP contribution in [0, 0.1) is 6.92 Å². The monoisotopic (exact) mass is 667 g/mol. The first-order chi connectivity index (χ1) is 22.5. The second-order valence-electron chi connectivity index (χ2n) is 13.8. The molecule has 0 radical (unpaired) electrons. The van der Waals surface area contributed by atoms with E-state index in [1.54, 1.807) is 45.0 Å². The summed E-state index contributed by atoms with van der Waals surface area (Å²) in [5.41, 5.74) is 0.142. The average Bonchev–Trinajstić information content (AvgIpc) is 3.41. The second kappa shape index (κ2) is 14.7. The number of hydroxylamine groups is 2. The van der Waals surface area contributed by atoms with Gasteiger partial charge in [0.05, 0.1) is 25.6 Å². The van der Waals surface area contributed by atoms with Crippen LogP contribution in [0.25, 0.3) is 5.65 Å². The number of hydrogen-bond acceptors (Lipinski definition) is 10. The largest absolute Gasteiger partial charge is 0.494 e. The Morgan fingerprint density at radius 1 is 0.958 bits per heavy atom. The van der Waals surface area contributed by atoms with E-state index in [4.69, 9.17) is 24.0 Å². The van der Waals surface area contributed by atoms with Crippen LogP contribution < -0.4 is 20.3 Å². The van der Waals surface area contributed by atoms with Crippen molar-refractivity contribution in [3.05, 3.63) is 41.6 Å². The molecule has 262 valence electrons. The van der Waals surface area contributed by atoms with E-state index in [1.165, 1.54) is 29.8 Å². The highest BCUT2D eigenvalue weighted by Crippen LogP contribution is 2.36. The van der Waals surface area contributed by atoms with E-state index in [0.29, 0.717) is 35.2 Å². The van der Waals surface area contributed by atoms with E-state index in [9.17, 15) is 14.4 Å². The molecule has 0 unspecified atom stereocenters. The molecule has 1 aromatic carbocycles. The van der Waals surface area contributed by atoms with Crippen molar-refractivity contribution in [3.8, 4) is 5.75 Å². The first-order valence-corrected chi connectivity index (χ1v) is 16.2. The van der Waals surface area contributed by atoms with Crippen LogP contribution >= 0.6 is 0 Å². The number of benzene rings is 1. The summed E-state index contributed by atoms with van der Waals surface area (Å²) in [5.74, 6) is 1.02. The number of aromatic nitrogens is 3. The van der Waals surface area contributed by atoms with Gasteiger partial charge in [-0.05, 0) is 105 Å². The minimum Gasteiger partial charge on any atom is -0.494 e.